The van der Waals surface area contributed by atoms with Gasteiger partial charge in [-0.25, -0.2) is 0 Å². The number of amides is 2. The molecule has 12 heteroatoms. The van der Waals surface area contributed by atoms with Crippen molar-refractivity contribution in [3.8, 4) is 0 Å². The molecule has 0 spiro atoms. The Labute approximate surface area is 227 Å². The van der Waals surface area contributed by atoms with E-state index in [4.69, 9.17) is 5.73 Å². The summed E-state index contributed by atoms with van der Waals surface area (Å²) < 4.78 is 77.8. The van der Waals surface area contributed by atoms with Crippen molar-refractivity contribution in [3.05, 3.63) is 70.3 Å². The average Bonchev–Trinajstić information content (AvgIpc) is 2.97. The molecule has 0 bridgehead atoms. The van der Waals surface area contributed by atoms with E-state index in [1.54, 1.807) is 30.3 Å². The van der Waals surface area contributed by atoms with Crippen LogP contribution in [0.15, 0.2) is 47.5 Å². The summed E-state index contributed by atoms with van der Waals surface area (Å²) in [5, 5.41) is 2.31. The van der Waals surface area contributed by atoms with Gasteiger partial charge in [0.1, 0.15) is 0 Å². The molecule has 216 valence electrons. The molecular formula is C28H29F6N3O3. The summed E-state index contributed by atoms with van der Waals surface area (Å²) in [7, 11) is 0. The number of fused-ring (bicyclic) bond motifs is 1. The number of aliphatic imine (C=N–C) groups is 1. The first-order valence-corrected chi connectivity index (χ1v) is 12.6. The standard InChI is InChI=1S/C28H29F6N3O3/c1-15-12-16(2)20-14-22(38)25(36-23(21(20)13-15)17-6-4-3-5-7-17)37-26(40)19(9-11-28(32,33)34)18(24(35)39)8-10-27(29,30)31/h3-7,12-13,18-19,25H,8-11,14H2,1-2H3,(H2,35,39)(H,37,40)/t18-,19+,25+/m0/s1. The lowest BCUT2D eigenvalue weighted by Crippen LogP contribution is -2.47. The van der Waals surface area contributed by atoms with Gasteiger partial charge in [0, 0.05) is 42.2 Å². The number of nitrogens with two attached hydrogens (primary N) is 1. The van der Waals surface area contributed by atoms with E-state index >= 15 is 0 Å². The minimum absolute atomic E-state index is 0.160. The molecule has 6 nitrogen and oxygen atoms in total. The lowest BCUT2D eigenvalue weighted by Gasteiger charge is -2.26. The number of halogens is 6. The summed E-state index contributed by atoms with van der Waals surface area (Å²) in [6, 6.07) is 12.4. The highest BCUT2D eigenvalue weighted by Crippen LogP contribution is 2.33. The number of carbonyl (C=O) groups is 3. The first kappa shape index (κ1) is 30.8. The van der Waals surface area contributed by atoms with Crippen molar-refractivity contribution in [2.24, 2.45) is 22.6 Å². The van der Waals surface area contributed by atoms with E-state index in [1.165, 1.54) is 0 Å². The summed E-state index contributed by atoms with van der Waals surface area (Å²) in [6.07, 6.45) is -16.2. The monoisotopic (exact) mass is 569 g/mol. The number of Topliss-reactive ketones (excluding diaryl/α,β-unsaturated/α-hetero) is 1. The van der Waals surface area contributed by atoms with E-state index < -0.39 is 73.6 Å². The van der Waals surface area contributed by atoms with Crippen LogP contribution >= 0.6 is 0 Å². The summed E-state index contributed by atoms with van der Waals surface area (Å²) >= 11 is 0. The molecule has 0 fully saturated rings. The van der Waals surface area contributed by atoms with Crippen LogP contribution in [0.2, 0.25) is 0 Å². The van der Waals surface area contributed by atoms with E-state index in [0.29, 0.717) is 22.4 Å². The average molecular weight is 570 g/mol. The molecule has 2 aromatic rings. The third-order valence-electron chi connectivity index (χ3n) is 6.78. The zero-order valence-electron chi connectivity index (χ0n) is 21.8. The number of hydrogen-bond acceptors (Lipinski definition) is 4. The highest BCUT2D eigenvalue weighted by atomic mass is 19.4. The van der Waals surface area contributed by atoms with Gasteiger partial charge < -0.3 is 11.1 Å². The molecular weight excluding hydrogens is 540 g/mol. The van der Waals surface area contributed by atoms with Gasteiger partial charge in [-0.1, -0.05) is 42.0 Å². The third-order valence-corrected chi connectivity index (χ3v) is 6.78. The van der Waals surface area contributed by atoms with E-state index in [2.05, 4.69) is 10.3 Å². The molecule has 0 aliphatic carbocycles. The Kier molecular flexibility index (Phi) is 9.42. The number of nitrogens with one attached hydrogen (secondary N) is 1. The van der Waals surface area contributed by atoms with Crippen LogP contribution in [-0.4, -0.2) is 41.8 Å². The number of carbonyl (C=O) groups excluding carboxylic acids is 3. The number of nitrogens with zero attached hydrogens (tertiary/aromatic N) is 1. The Morgan fingerprint density at radius 2 is 1.55 bits per heavy atom. The molecule has 1 aliphatic rings. The second-order valence-electron chi connectivity index (χ2n) is 9.93. The number of alkyl halides is 6. The van der Waals surface area contributed by atoms with Crippen molar-refractivity contribution >= 4 is 23.3 Å². The molecule has 0 saturated carbocycles. The van der Waals surface area contributed by atoms with Crippen LogP contribution in [-0.2, 0) is 20.8 Å². The predicted molar refractivity (Wildman–Crippen MR) is 135 cm³/mol. The van der Waals surface area contributed by atoms with Crippen LogP contribution in [0, 0.1) is 25.7 Å². The van der Waals surface area contributed by atoms with Crippen molar-refractivity contribution in [3.63, 3.8) is 0 Å². The fourth-order valence-electron chi connectivity index (χ4n) is 4.86. The van der Waals surface area contributed by atoms with Crippen molar-refractivity contribution in [1.82, 2.24) is 5.32 Å². The molecule has 2 aromatic carbocycles. The molecule has 0 saturated heterocycles. The molecule has 40 heavy (non-hydrogen) atoms. The Bertz CT molecular complexity index is 1290. The zero-order chi connectivity index (χ0) is 29.8. The molecule has 0 radical (unpaired) electrons. The van der Waals surface area contributed by atoms with Gasteiger partial charge in [-0.05, 0) is 43.9 Å². The van der Waals surface area contributed by atoms with Gasteiger partial charge in [-0.3, -0.25) is 19.4 Å². The fourth-order valence-corrected chi connectivity index (χ4v) is 4.86. The van der Waals surface area contributed by atoms with Gasteiger partial charge in [-0.2, -0.15) is 26.3 Å². The minimum Gasteiger partial charge on any atom is -0.369 e. The second kappa shape index (κ2) is 12.2. The van der Waals surface area contributed by atoms with Gasteiger partial charge in [0.25, 0.3) is 0 Å². The van der Waals surface area contributed by atoms with Gasteiger partial charge in [-0.15, -0.1) is 0 Å². The topological polar surface area (TPSA) is 102 Å². The van der Waals surface area contributed by atoms with Gasteiger partial charge in [0.2, 0.25) is 11.8 Å². The maximum absolute atomic E-state index is 13.3. The Morgan fingerprint density at radius 1 is 0.975 bits per heavy atom. The van der Waals surface area contributed by atoms with Crippen molar-refractivity contribution in [2.75, 3.05) is 0 Å². The fraction of sp³-hybridized carbons (Fsp3) is 0.429. The van der Waals surface area contributed by atoms with Crippen molar-refractivity contribution in [1.29, 1.82) is 0 Å². The molecule has 0 unspecified atom stereocenters. The number of benzene rings is 2. The molecule has 3 rings (SSSR count). The van der Waals surface area contributed by atoms with Crippen LogP contribution in [0.4, 0.5) is 26.3 Å². The number of hydrogen-bond donors (Lipinski definition) is 2. The second-order valence-corrected chi connectivity index (χ2v) is 9.93. The highest BCUT2D eigenvalue weighted by Gasteiger charge is 2.40. The summed E-state index contributed by atoms with van der Waals surface area (Å²) in [6.45, 7) is 3.67. The quantitative estimate of drug-likeness (QED) is 0.411. The van der Waals surface area contributed by atoms with Crippen LogP contribution in [0.1, 0.15) is 53.5 Å². The lowest BCUT2D eigenvalue weighted by atomic mass is 9.83. The lowest BCUT2D eigenvalue weighted by molar-refractivity contribution is -0.152. The van der Waals surface area contributed by atoms with Crippen LogP contribution in [0.3, 0.4) is 0 Å². The molecule has 0 aromatic heterocycles. The summed E-state index contributed by atoms with van der Waals surface area (Å²) in [5.41, 5.74) is 9.19. The molecule has 2 amide bonds. The number of rotatable bonds is 9. The zero-order valence-corrected chi connectivity index (χ0v) is 21.8. The van der Waals surface area contributed by atoms with E-state index in [1.807, 2.05) is 26.0 Å². The van der Waals surface area contributed by atoms with E-state index in [0.717, 1.165) is 11.1 Å². The predicted octanol–water partition coefficient (Wildman–Crippen LogP) is 5.11. The van der Waals surface area contributed by atoms with Crippen molar-refractivity contribution in [2.45, 2.75) is 64.5 Å². The number of ketones is 1. The normalized spacial score (nSPS) is 17.4. The summed E-state index contributed by atoms with van der Waals surface area (Å²) in [5.74, 6) is -6.83. The molecule has 3 N–H and O–H groups in total. The minimum atomic E-state index is -4.75. The van der Waals surface area contributed by atoms with Gasteiger partial charge in [0.05, 0.1) is 5.71 Å². The molecule has 3 atom stereocenters. The number of aryl methyl sites for hydroxylation is 2. The SMILES string of the molecule is Cc1cc(C)c2c(c1)C(c1ccccc1)=N[C@H](NC(=O)[C@H](CCC(F)(F)F)[C@H](CCC(F)(F)F)C(N)=O)C(=O)C2. The highest BCUT2D eigenvalue weighted by molar-refractivity contribution is 6.16. The molecule has 1 aliphatic heterocycles. The smallest absolute Gasteiger partial charge is 0.369 e. The first-order chi connectivity index (χ1) is 18.6. The van der Waals surface area contributed by atoms with Crippen molar-refractivity contribution < 1.29 is 40.7 Å². The maximum Gasteiger partial charge on any atom is 0.389 e. The molecule has 1 heterocycles. The van der Waals surface area contributed by atoms with E-state index in [9.17, 15) is 40.7 Å². The summed E-state index contributed by atoms with van der Waals surface area (Å²) in [4.78, 5) is 43.1. The Hall–Kier alpha value is -3.70. The largest absolute Gasteiger partial charge is 0.389 e. The van der Waals surface area contributed by atoms with Crippen LogP contribution in [0.25, 0.3) is 0 Å². The third kappa shape index (κ3) is 8.15. The number of primary amides is 1. The van der Waals surface area contributed by atoms with Gasteiger partial charge in [0.15, 0.2) is 11.9 Å². The van der Waals surface area contributed by atoms with E-state index in [-0.39, 0.29) is 6.42 Å². The van der Waals surface area contributed by atoms with Crippen LogP contribution < -0.4 is 11.1 Å². The van der Waals surface area contributed by atoms with Gasteiger partial charge >= 0.3 is 12.4 Å². The first-order valence-electron chi connectivity index (χ1n) is 12.6. The van der Waals surface area contributed by atoms with Crippen LogP contribution in [0.5, 0.6) is 0 Å². The Morgan fingerprint density at radius 3 is 2.10 bits per heavy atom. The maximum atomic E-state index is 13.3. The Balaban J connectivity index is 2.02.